The molecule has 2 rings (SSSR count). The van der Waals surface area contributed by atoms with Crippen molar-refractivity contribution in [2.75, 3.05) is 7.11 Å². The van der Waals surface area contributed by atoms with Gasteiger partial charge < -0.3 is 4.74 Å². The van der Waals surface area contributed by atoms with Crippen LogP contribution in [0.2, 0.25) is 0 Å². The Morgan fingerprint density at radius 3 is 2.80 bits per heavy atom. The highest BCUT2D eigenvalue weighted by Crippen LogP contribution is 2.36. The average molecular weight is 206 g/mol. The van der Waals surface area contributed by atoms with E-state index in [0.29, 0.717) is 6.42 Å². The number of ether oxygens (including phenoxy) is 1. The Hall–Kier alpha value is -1.38. The van der Waals surface area contributed by atoms with Gasteiger partial charge in [0.25, 0.3) is 0 Å². The first kappa shape index (κ1) is 10.1. The van der Waals surface area contributed by atoms with Crippen LogP contribution in [0, 0.1) is 17.8 Å². The lowest BCUT2D eigenvalue weighted by molar-refractivity contribution is -0.133. The second-order valence-corrected chi connectivity index (χ2v) is 4.13. The topological polar surface area (TPSA) is 43.4 Å². The van der Waals surface area contributed by atoms with Crippen molar-refractivity contribution in [3.8, 4) is 0 Å². The van der Waals surface area contributed by atoms with Gasteiger partial charge in [-0.1, -0.05) is 19.1 Å². The largest absolute Gasteiger partial charge is 0.493 e. The molecule has 15 heavy (non-hydrogen) atoms. The summed E-state index contributed by atoms with van der Waals surface area (Å²) in [4.78, 5) is 23.7. The highest BCUT2D eigenvalue weighted by atomic mass is 16.5. The van der Waals surface area contributed by atoms with E-state index in [-0.39, 0.29) is 35.1 Å². The fourth-order valence-electron chi connectivity index (χ4n) is 2.42. The third-order valence-corrected chi connectivity index (χ3v) is 3.23. The molecule has 0 amide bonds. The van der Waals surface area contributed by atoms with Gasteiger partial charge in [0.15, 0.2) is 11.5 Å². The molecule has 2 aliphatic rings. The smallest absolute Gasteiger partial charge is 0.201 e. The van der Waals surface area contributed by atoms with Crippen LogP contribution in [0.5, 0.6) is 0 Å². The van der Waals surface area contributed by atoms with Gasteiger partial charge in [0.1, 0.15) is 0 Å². The standard InChI is InChI=1S/C12H14O3/c1-7-4-3-5-8-9(13)6-10(15-2)12(14)11(7)8/h3-4,6-8,11H,5H2,1-2H3/t7-,8-,11-/m0/s1. The quantitative estimate of drug-likeness (QED) is 0.610. The van der Waals surface area contributed by atoms with Gasteiger partial charge in [0.2, 0.25) is 5.78 Å². The number of Topliss-reactive ketones (excluding diaryl/α,β-unsaturated/α-hetero) is 1. The molecule has 0 saturated heterocycles. The maximum atomic E-state index is 12.0. The zero-order valence-electron chi connectivity index (χ0n) is 8.90. The van der Waals surface area contributed by atoms with Crippen molar-refractivity contribution in [1.82, 2.24) is 0 Å². The summed E-state index contributed by atoms with van der Waals surface area (Å²) >= 11 is 0. The lowest BCUT2D eigenvalue weighted by Crippen LogP contribution is -2.40. The number of methoxy groups -OCH3 is 1. The summed E-state index contributed by atoms with van der Waals surface area (Å²) in [6, 6.07) is 0. The van der Waals surface area contributed by atoms with Gasteiger partial charge in [-0.2, -0.15) is 0 Å². The van der Waals surface area contributed by atoms with Gasteiger partial charge in [0, 0.05) is 17.9 Å². The average Bonchev–Trinajstić information content (AvgIpc) is 2.23. The lowest BCUT2D eigenvalue weighted by atomic mass is 9.69. The molecule has 0 N–H and O–H groups in total. The summed E-state index contributed by atoms with van der Waals surface area (Å²) in [5, 5.41) is 0. The van der Waals surface area contributed by atoms with Crippen LogP contribution in [0.1, 0.15) is 13.3 Å². The van der Waals surface area contributed by atoms with E-state index in [1.807, 2.05) is 19.1 Å². The number of carbonyl (C=O) groups excluding carboxylic acids is 2. The molecule has 0 aromatic heterocycles. The van der Waals surface area contributed by atoms with Crippen molar-refractivity contribution in [3.05, 3.63) is 24.0 Å². The molecule has 80 valence electrons. The summed E-state index contributed by atoms with van der Waals surface area (Å²) in [5.74, 6) is -0.0621. The molecule has 0 saturated carbocycles. The molecule has 0 heterocycles. The van der Waals surface area contributed by atoms with E-state index < -0.39 is 0 Å². The first-order valence-electron chi connectivity index (χ1n) is 5.15. The number of hydrogen-bond acceptors (Lipinski definition) is 3. The molecule has 0 aromatic carbocycles. The van der Waals surface area contributed by atoms with Crippen LogP contribution >= 0.6 is 0 Å². The van der Waals surface area contributed by atoms with Gasteiger partial charge in [-0.3, -0.25) is 9.59 Å². The Kier molecular flexibility index (Phi) is 2.47. The summed E-state index contributed by atoms with van der Waals surface area (Å²) < 4.78 is 4.94. The van der Waals surface area contributed by atoms with Gasteiger partial charge in [-0.25, -0.2) is 0 Å². The van der Waals surface area contributed by atoms with E-state index in [9.17, 15) is 9.59 Å². The molecule has 3 heteroatoms. The maximum absolute atomic E-state index is 12.0. The maximum Gasteiger partial charge on any atom is 0.201 e. The molecule has 0 aromatic rings. The Morgan fingerprint density at radius 1 is 1.40 bits per heavy atom. The van der Waals surface area contributed by atoms with Crippen LogP contribution in [0.3, 0.4) is 0 Å². The number of hydrogen-bond donors (Lipinski definition) is 0. The first-order valence-corrected chi connectivity index (χ1v) is 5.15. The molecule has 3 nitrogen and oxygen atoms in total. The Labute approximate surface area is 88.8 Å². The third kappa shape index (κ3) is 1.52. The zero-order chi connectivity index (χ0) is 11.0. The number of rotatable bonds is 1. The molecule has 0 aliphatic heterocycles. The minimum atomic E-state index is -0.220. The molecule has 0 fully saturated rings. The Balaban J connectivity index is 2.39. The van der Waals surface area contributed by atoms with Gasteiger partial charge in [-0.05, 0) is 12.3 Å². The minimum Gasteiger partial charge on any atom is -0.493 e. The number of fused-ring (bicyclic) bond motifs is 1. The van der Waals surface area contributed by atoms with E-state index in [1.54, 1.807) is 0 Å². The molecular formula is C12H14O3. The van der Waals surface area contributed by atoms with Crippen molar-refractivity contribution >= 4 is 11.6 Å². The van der Waals surface area contributed by atoms with E-state index in [0.717, 1.165) is 0 Å². The van der Waals surface area contributed by atoms with E-state index in [1.165, 1.54) is 13.2 Å². The third-order valence-electron chi connectivity index (χ3n) is 3.23. The summed E-state index contributed by atoms with van der Waals surface area (Å²) in [5.41, 5.74) is 0. The van der Waals surface area contributed by atoms with Crippen molar-refractivity contribution in [1.29, 1.82) is 0 Å². The second kappa shape index (κ2) is 3.65. The number of allylic oxidation sites excluding steroid dienone is 4. The summed E-state index contributed by atoms with van der Waals surface area (Å²) in [6.07, 6.45) is 6.01. The predicted molar refractivity (Wildman–Crippen MR) is 55.0 cm³/mol. The molecule has 0 spiro atoms. The molecular weight excluding hydrogens is 192 g/mol. The molecule has 0 unspecified atom stereocenters. The Morgan fingerprint density at radius 2 is 2.13 bits per heavy atom. The van der Waals surface area contributed by atoms with Gasteiger partial charge >= 0.3 is 0 Å². The molecule has 0 bridgehead atoms. The summed E-state index contributed by atoms with van der Waals surface area (Å²) in [6.45, 7) is 1.97. The minimum absolute atomic E-state index is 0.0210. The van der Waals surface area contributed by atoms with E-state index in [4.69, 9.17) is 4.74 Å². The van der Waals surface area contributed by atoms with Crippen LogP contribution in [0.4, 0.5) is 0 Å². The van der Waals surface area contributed by atoms with Crippen LogP contribution in [-0.2, 0) is 14.3 Å². The van der Waals surface area contributed by atoms with Gasteiger partial charge in [0.05, 0.1) is 7.11 Å². The van der Waals surface area contributed by atoms with Crippen molar-refractivity contribution in [2.24, 2.45) is 17.8 Å². The van der Waals surface area contributed by atoms with Crippen LogP contribution < -0.4 is 0 Å². The number of carbonyl (C=O) groups is 2. The van der Waals surface area contributed by atoms with Crippen LogP contribution in [0.25, 0.3) is 0 Å². The van der Waals surface area contributed by atoms with Crippen LogP contribution in [0.15, 0.2) is 24.0 Å². The molecule has 3 atom stereocenters. The highest BCUT2D eigenvalue weighted by Gasteiger charge is 2.42. The van der Waals surface area contributed by atoms with Crippen molar-refractivity contribution < 1.29 is 14.3 Å². The van der Waals surface area contributed by atoms with Crippen molar-refractivity contribution in [2.45, 2.75) is 13.3 Å². The normalized spacial score (nSPS) is 34.8. The van der Waals surface area contributed by atoms with E-state index in [2.05, 4.69) is 0 Å². The summed E-state index contributed by atoms with van der Waals surface area (Å²) in [7, 11) is 1.43. The zero-order valence-corrected chi connectivity index (χ0v) is 8.90. The predicted octanol–water partition coefficient (Wildman–Crippen LogP) is 1.50. The Bertz CT molecular complexity index is 365. The fourth-order valence-corrected chi connectivity index (χ4v) is 2.42. The number of ketones is 2. The monoisotopic (exact) mass is 206 g/mol. The second-order valence-electron chi connectivity index (χ2n) is 4.13. The first-order chi connectivity index (χ1) is 7.15. The van der Waals surface area contributed by atoms with Crippen molar-refractivity contribution in [3.63, 3.8) is 0 Å². The highest BCUT2D eigenvalue weighted by molar-refractivity contribution is 6.09. The SMILES string of the molecule is COC1=CC(=O)[C@@H]2CC=C[C@H](C)[C@@H]2C1=O. The lowest BCUT2D eigenvalue weighted by Gasteiger charge is -2.33. The van der Waals surface area contributed by atoms with Crippen LogP contribution in [-0.4, -0.2) is 18.7 Å². The molecule has 2 aliphatic carbocycles. The molecule has 0 radical (unpaired) electrons. The van der Waals surface area contributed by atoms with Gasteiger partial charge in [-0.15, -0.1) is 0 Å². The van der Waals surface area contributed by atoms with E-state index >= 15 is 0 Å². The fraction of sp³-hybridized carbons (Fsp3) is 0.500.